The second-order valence-corrected chi connectivity index (χ2v) is 15.8. The molecule has 58 heavy (non-hydrogen) atoms. The van der Waals surface area contributed by atoms with E-state index >= 15 is 0 Å². The predicted octanol–water partition coefficient (Wildman–Crippen LogP) is 12.9. The third-order valence-electron chi connectivity index (χ3n) is 11.3. The summed E-state index contributed by atoms with van der Waals surface area (Å²) in [7, 11) is 0. The summed E-state index contributed by atoms with van der Waals surface area (Å²) in [6, 6.07) is 61.6. The Labute approximate surface area is 350 Å². The topological polar surface area (TPSA) is 49.7 Å². The van der Waals surface area contributed by atoms with E-state index < -0.39 is 0 Å². The van der Waals surface area contributed by atoms with Gasteiger partial charge in [0.05, 0.1) is 11.0 Å². The fourth-order valence-electron chi connectivity index (χ4n) is 8.68. The second kappa shape index (κ2) is 13.8. The number of aromatic nitrogens is 5. The number of hydrogen-bond acceptors (Lipinski definition) is 2. The standard InChI is InChI=1S/C52H37N5.Pt/c1-52(2,3)42-23-14-24-43-48(42)40-21-12-22-41(49(40)54-43)51-55-50-37(20-13-26-45(50)56(51)36-17-8-5-9-18-36)35-27-28-39-38-19-10-11-25-44(38)57(46(39)31-35)47-32-34(29-30-53-47)33-15-6-4-7-16-33;/h4-30,32H,1-3H3;/q-2;+2. The van der Waals surface area contributed by atoms with E-state index in [1.165, 1.54) is 10.9 Å². The van der Waals surface area contributed by atoms with Crippen LogP contribution in [0.25, 0.3) is 99.8 Å². The number of hydrogen-bond donors (Lipinski definition) is 0. The molecule has 0 aliphatic rings. The van der Waals surface area contributed by atoms with Crippen molar-refractivity contribution in [3.05, 3.63) is 182 Å². The van der Waals surface area contributed by atoms with Crippen LogP contribution < -0.4 is 4.98 Å². The Balaban J connectivity index is 0.00000408. The Kier molecular flexibility index (Phi) is 8.54. The summed E-state index contributed by atoms with van der Waals surface area (Å²) >= 11 is 0. The molecule has 11 aromatic rings. The molecule has 4 heterocycles. The maximum Gasteiger partial charge on any atom is 2.00 e. The molecule has 0 aliphatic heterocycles. The Morgan fingerprint density at radius 1 is 0.586 bits per heavy atom. The van der Waals surface area contributed by atoms with E-state index in [1.807, 2.05) is 12.3 Å². The first-order chi connectivity index (χ1) is 27.9. The minimum Gasteiger partial charge on any atom is -0.656 e. The summed E-state index contributed by atoms with van der Waals surface area (Å²) in [5.74, 6) is 1.70. The monoisotopic (exact) mass is 926 g/mol. The average molecular weight is 927 g/mol. The molecule has 0 N–H and O–H groups in total. The van der Waals surface area contributed by atoms with Gasteiger partial charge in [-0.15, -0.1) is 34.8 Å². The van der Waals surface area contributed by atoms with Gasteiger partial charge >= 0.3 is 21.1 Å². The van der Waals surface area contributed by atoms with Gasteiger partial charge in [0.15, 0.2) is 0 Å². The van der Waals surface area contributed by atoms with Crippen LogP contribution >= 0.6 is 0 Å². The van der Waals surface area contributed by atoms with Crippen LogP contribution in [0.15, 0.2) is 170 Å². The minimum absolute atomic E-state index is 0. The van der Waals surface area contributed by atoms with Gasteiger partial charge in [-0.25, -0.2) is 9.97 Å². The van der Waals surface area contributed by atoms with Gasteiger partial charge in [-0.2, -0.15) is 0 Å². The SMILES string of the molecule is CC(C)(C)c1cccc2[n-]c3c(-c4nc5c(-c6[c-]c7c(cc6)c6ccccc6n7-c6cc(-c7ccccc7)ccn6)cccc5n4-c4ccccc4)cccc3c12.[Pt+2]. The number of imidazole rings is 1. The average Bonchev–Trinajstić information content (AvgIpc) is 3.93. The van der Waals surface area contributed by atoms with Gasteiger partial charge < -0.3 is 9.55 Å². The van der Waals surface area contributed by atoms with Crippen molar-refractivity contribution in [2.24, 2.45) is 0 Å². The molecule has 0 unspecified atom stereocenters. The Bertz CT molecular complexity index is 3330. The number of fused-ring (bicyclic) bond motifs is 7. The van der Waals surface area contributed by atoms with E-state index in [0.29, 0.717) is 0 Å². The molecule has 0 fully saturated rings. The molecule has 6 heteroatoms. The molecule has 4 aromatic heterocycles. The van der Waals surface area contributed by atoms with E-state index in [1.54, 1.807) is 0 Å². The molecule has 0 spiro atoms. The Hall–Kier alpha value is -6.55. The van der Waals surface area contributed by atoms with E-state index in [4.69, 9.17) is 15.0 Å². The number of rotatable bonds is 5. The quantitative estimate of drug-likeness (QED) is 0.162. The smallest absolute Gasteiger partial charge is 0.656 e. The van der Waals surface area contributed by atoms with E-state index in [-0.39, 0.29) is 26.5 Å². The maximum atomic E-state index is 5.56. The van der Waals surface area contributed by atoms with Crippen molar-refractivity contribution in [3.8, 4) is 45.1 Å². The summed E-state index contributed by atoms with van der Waals surface area (Å²) in [5.41, 5.74) is 13.5. The summed E-state index contributed by atoms with van der Waals surface area (Å²) in [4.78, 5) is 15.8. The maximum absolute atomic E-state index is 5.56. The Morgan fingerprint density at radius 2 is 1.29 bits per heavy atom. The zero-order valence-corrected chi connectivity index (χ0v) is 34.5. The summed E-state index contributed by atoms with van der Waals surface area (Å²) in [6.07, 6.45) is 1.90. The molecule has 0 saturated carbocycles. The van der Waals surface area contributed by atoms with Crippen molar-refractivity contribution >= 4 is 54.6 Å². The first-order valence-corrected chi connectivity index (χ1v) is 19.5. The second-order valence-electron chi connectivity index (χ2n) is 15.8. The van der Waals surface area contributed by atoms with Crippen LogP contribution in [0, 0.1) is 6.07 Å². The number of benzene rings is 7. The van der Waals surface area contributed by atoms with Crippen molar-refractivity contribution < 1.29 is 21.1 Å². The fraction of sp³-hybridized carbons (Fsp3) is 0.0769. The zero-order chi connectivity index (χ0) is 38.3. The largest absolute Gasteiger partial charge is 2.00 e. The third-order valence-corrected chi connectivity index (χ3v) is 11.3. The molecule has 0 saturated heterocycles. The van der Waals surface area contributed by atoms with Crippen LogP contribution in [0.3, 0.4) is 0 Å². The molecule has 5 nitrogen and oxygen atoms in total. The summed E-state index contributed by atoms with van der Waals surface area (Å²) in [5, 5.41) is 4.65. The van der Waals surface area contributed by atoms with E-state index in [9.17, 15) is 0 Å². The molecule has 0 radical (unpaired) electrons. The van der Waals surface area contributed by atoms with Crippen molar-refractivity contribution in [2.45, 2.75) is 26.2 Å². The third kappa shape index (κ3) is 5.64. The molecule has 7 aromatic carbocycles. The van der Waals surface area contributed by atoms with Crippen molar-refractivity contribution in [3.63, 3.8) is 0 Å². The molecule has 280 valence electrons. The molecule has 0 amide bonds. The van der Waals surface area contributed by atoms with Crippen LogP contribution in [-0.4, -0.2) is 19.1 Å². The normalized spacial score (nSPS) is 11.9. The van der Waals surface area contributed by atoms with Crippen LogP contribution in [0.4, 0.5) is 0 Å². The number of para-hydroxylation sites is 4. The molecular weight excluding hydrogens is 890 g/mol. The Morgan fingerprint density at radius 3 is 2.12 bits per heavy atom. The van der Waals surface area contributed by atoms with Crippen LogP contribution in [0.5, 0.6) is 0 Å². The number of pyridine rings is 1. The van der Waals surface area contributed by atoms with Gasteiger partial charge in [0.1, 0.15) is 11.6 Å². The molecule has 0 atom stereocenters. The van der Waals surface area contributed by atoms with Gasteiger partial charge in [0.25, 0.3) is 0 Å². The predicted molar refractivity (Wildman–Crippen MR) is 235 cm³/mol. The number of nitrogens with zero attached hydrogens (tertiary/aromatic N) is 5. The van der Waals surface area contributed by atoms with Gasteiger partial charge in [-0.1, -0.05) is 147 Å². The summed E-state index contributed by atoms with van der Waals surface area (Å²) < 4.78 is 4.53. The first-order valence-electron chi connectivity index (χ1n) is 19.5. The van der Waals surface area contributed by atoms with Gasteiger partial charge in [0.2, 0.25) is 0 Å². The van der Waals surface area contributed by atoms with E-state index in [0.717, 1.165) is 94.4 Å². The molecular formula is C52H37N5Pt. The van der Waals surface area contributed by atoms with Gasteiger partial charge in [0, 0.05) is 23.0 Å². The van der Waals surface area contributed by atoms with Crippen LogP contribution in [0.1, 0.15) is 26.3 Å². The van der Waals surface area contributed by atoms with Crippen molar-refractivity contribution in [1.82, 2.24) is 24.1 Å². The van der Waals surface area contributed by atoms with Gasteiger partial charge in [-0.05, 0) is 80.2 Å². The minimum atomic E-state index is -0.0331. The van der Waals surface area contributed by atoms with Crippen molar-refractivity contribution in [2.75, 3.05) is 0 Å². The first kappa shape index (κ1) is 35.8. The van der Waals surface area contributed by atoms with Crippen molar-refractivity contribution in [1.29, 1.82) is 0 Å². The van der Waals surface area contributed by atoms with E-state index in [2.05, 4.69) is 194 Å². The van der Waals surface area contributed by atoms with Crippen LogP contribution in [0.2, 0.25) is 0 Å². The molecule has 11 rings (SSSR count). The molecule has 0 aliphatic carbocycles. The zero-order valence-electron chi connectivity index (χ0n) is 32.2. The molecule has 0 bridgehead atoms. The van der Waals surface area contributed by atoms with Gasteiger partial charge in [-0.3, -0.25) is 4.57 Å². The summed E-state index contributed by atoms with van der Waals surface area (Å²) in [6.45, 7) is 6.81. The van der Waals surface area contributed by atoms with Crippen LogP contribution in [-0.2, 0) is 26.5 Å². The fourth-order valence-corrected chi connectivity index (χ4v) is 8.68.